The zero-order valence-corrected chi connectivity index (χ0v) is 14.2. The second kappa shape index (κ2) is 4.56. The van der Waals surface area contributed by atoms with Crippen molar-refractivity contribution < 1.29 is 9.59 Å². The Kier molecular flexibility index (Phi) is 2.91. The summed E-state index contributed by atoms with van der Waals surface area (Å²) in [5, 5.41) is 0. The van der Waals surface area contributed by atoms with Crippen LogP contribution in [-0.4, -0.2) is 11.8 Å². The monoisotopic (exact) mass is 309 g/mol. The predicted molar refractivity (Wildman–Crippen MR) is 90.0 cm³/mol. The maximum absolute atomic E-state index is 12.9. The highest BCUT2D eigenvalue weighted by Gasteiger charge is 2.60. The van der Waals surface area contributed by atoms with Gasteiger partial charge in [-0.15, -0.1) is 0 Å². The number of anilines is 1. The van der Waals surface area contributed by atoms with Crippen molar-refractivity contribution in [3.8, 4) is 0 Å². The largest absolute Gasteiger partial charge is 0.274 e. The van der Waals surface area contributed by atoms with Crippen molar-refractivity contribution in [2.24, 2.45) is 23.7 Å². The smallest absolute Gasteiger partial charge is 0.238 e. The Bertz CT molecular complexity index is 723. The van der Waals surface area contributed by atoms with E-state index in [0.29, 0.717) is 0 Å². The third kappa shape index (κ3) is 1.95. The highest BCUT2D eigenvalue weighted by atomic mass is 16.2. The molecule has 0 radical (unpaired) electrons. The molecule has 1 heterocycles. The first-order chi connectivity index (χ1) is 10.8. The van der Waals surface area contributed by atoms with Crippen LogP contribution in [0.15, 0.2) is 35.9 Å². The Balaban J connectivity index is 1.67. The number of hydrogen-bond donors (Lipinski definition) is 0. The van der Waals surface area contributed by atoms with Gasteiger partial charge in [-0.2, -0.15) is 0 Å². The average molecular weight is 309 g/mol. The zero-order chi connectivity index (χ0) is 16.5. The molecule has 4 atom stereocenters. The zero-order valence-electron chi connectivity index (χ0n) is 14.2. The molecule has 4 rings (SSSR count). The SMILES string of the molecule is CC1=CC2CC1C1C(=O)N(c3ccc(C(C)(C)C)cc3)C(=O)C21. The Morgan fingerprint density at radius 2 is 1.61 bits per heavy atom. The third-order valence-corrected chi connectivity index (χ3v) is 5.87. The molecule has 0 aromatic heterocycles. The lowest BCUT2D eigenvalue weighted by Crippen LogP contribution is -2.33. The summed E-state index contributed by atoms with van der Waals surface area (Å²) >= 11 is 0. The minimum absolute atomic E-state index is 0.000223. The van der Waals surface area contributed by atoms with Crippen molar-refractivity contribution in [1.82, 2.24) is 0 Å². The summed E-state index contributed by atoms with van der Waals surface area (Å²) in [5.74, 6) is 0.294. The summed E-state index contributed by atoms with van der Waals surface area (Å²) in [6.45, 7) is 8.57. The minimum Gasteiger partial charge on any atom is -0.274 e. The molecule has 2 aliphatic carbocycles. The van der Waals surface area contributed by atoms with Crippen LogP contribution in [-0.2, 0) is 15.0 Å². The van der Waals surface area contributed by atoms with E-state index < -0.39 is 0 Å². The van der Waals surface area contributed by atoms with Crippen molar-refractivity contribution in [2.75, 3.05) is 4.90 Å². The molecule has 3 nitrogen and oxygen atoms in total. The van der Waals surface area contributed by atoms with E-state index in [1.807, 2.05) is 24.3 Å². The van der Waals surface area contributed by atoms with Crippen LogP contribution in [0.25, 0.3) is 0 Å². The number of benzene rings is 1. The summed E-state index contributed by atoms with van der Waals surface area (Å²) < 4.78 is 0. The van der Waals surface area contributed by atoms with Crippen LogP contribution in [0.4, 0.5) is 5.69 Å². The van der Waals surface area contributed by atoms with Gasteiger partial charge >= 0.3 is 0 Å². The van der Waals surface area contributed by atoms with Crippen LogP contribution in [0.3, 0.4) is 0 Å². The first kappa shape index (κ1) is 14.7. The Morgan fingerprint density at radius 1 is 1.00 bits per heavy atom. The van der Waals surface area contributed by atoms with Crippen LogP contribution in [0, 0.1) is 23.7 Å². The fourth-order valence-electron chi connectivity index (χ4n) is 4.64. The normalized spacial score (nSPS) is 32.5. The third-order valence-electron chi connectivity index (χ3n) is 5.87. The van der Waals surface area contributed by atoms with Gasteiger partial charge in [-0.1, -0.05) is 44.6 Å². The fourth-order valence-corrected chi connectivity index (χ4v) is 4.64. The van der Waals surface area contributed by atoms with E-state index in [2.05, 4.69) is 33.8 Å². The summed E-state index contributed by atoms with van der Waals surface area (Å²) in [6.07, 6.45) is 3.19. The van der Waals surface area contributed by atoms with Gasteiger partial charge in [0.1, 0.15) is 0 Å². The molecule has 23 heavy (non-hydrogen) atoms. The number of carbonyl (C=O) groups is 2. The Labute approximate surface area is 137 Å². The molecule has 1 aromatic rings. The number of fused-ring (bicyclic) bond motifs is 5. The molecule has 0 spiro atoms. The summed E-state index contributed by atoms with van der Waals surface area (Å²) in [5.41, 5.74) is 3.29. The van der Waals surface area contributed by atoms with Crippen LogP contribution >= 0.6 is 0 Å². The van der Waals surface area contributed by atoms with E-state index in [0.717, 1.165) is 12.1 Å². The number of hydrogen-bond acceptors (Lipinski definition) is 2. The first-order valence-corrected chi connectivity index (χ1v) is 8.45. The summed E-state index contributed by atoms with van der Waals surface area (Å²) in [4.78, 5) is 27.2. The van der Waals surface area contributed by atoms with Gasteiger partial charge in [0, 0.05) is 0 Å². The van der Waals surface area contributed by atoms with Crippen molar-refractivity contribution >= 4 is 17.5 Å². The average Bonchev–Trinajstić information content (AvgIpc) is 3.10. The van der Waals surface area contributed by atoms with E-state index in [4.69, 9.17) is 0 Å². The van der Waals surface area contributed by atoms with E-state index in [1.165, 1.54) is 16.0 Å². The van der Waals surface area contributed by atoms with Crippen molar-refractivity contribution in [3.63, 3.8) is 0 Å². The van der Waals surface area contributed by atoms with Crippen LogP contribution in [0.5, 0.6) is 0 Å². The number of nitrogens with zero attached hydrogens (tertiary/aromatic N) is 1. The summed E-state index contributed by atoms with van der Waals surface area (Å²) in [6, 6.07) is 7.89. The Morgan fingerprint density at radius 3 is 2.22 bits per heavy atom. The van der Waals surface area contributed by atoms with Gasteiger partial charge in [0.05, 0.1) is 17.5 Å². The quantitative estimate of drug-likeness (QED) is 0.586. The lowest BCUT2D eigenvalue weighted by molar-refractivity contribution is -0.123. The lowest BCUT2D eigenvalue weighted by atomic mass is 9.82. The second-order valence-corrected chi connectivity index (χ2v) is 8.28. The predicted octanol–water partition coefficient (Wildman–Crippen LogP) is 3.69. The van der Waals surface area contributed by atoms with Gasteiger partial charge in [-0.3, -0.25) is 14.5 Å². The molecule has 1 aliphatic heterocycles. The van der Waals surface area contributed by atoms with Crippen molar-refractivity contribution in [1.29, 1.82) is 0 Å². The maximum Gasteiger partial charge on any atom is 0.238 e. The number of amides is 2. The molecule has 2 amide bonds. The van der Waals surface area contributed by atoms with Gasteiger partial charge in [-0.05, 0) is 48.3 Å². The molecule has 120 valence electrons. The molecule has 1 saturated heterocycles. The maximum atomic E-state index is 12.9. The van der Waals surface area contributed by atoms with E-state index in [9.17, 15) is 9.59 Å². The highest BCUT2D eigenvalue weighted by Crippen LogP contribution is 2.55. The Hall–Kier alpha value is -1.90. The molecule has 1 aromatic carbocycles. The van der Waals surface area contributed by atoms with Crippen molar-refractivity contribution in [2.45, 2.75) is 39.5 Å². The van der Waals surface area contributed by atoms with Crippen LogP contribution < -0.4 is 4.90 Å². The molecular formula is C20H23NO2. The van der Waals surface area contributed by atoms with Gasteiger partial charge in [0.25, 0.3) is 0 Å². The number of carbonyl (C=O) groups excluding carboxylic acids is 2. The van der Waals surface area contributed by atoms with Gasteiger partial charge in [0.15, 0.2) is 0 Å². The number of allylic oxidation sites excluding steroid dienone is 2. The minimum atomic E-state index is -0.126. The second-order valence-electron chi connectivity index (χ2n) is 8.28. The molecule has 1 saturated carbocycles. The molecule has 3 aliphatic rings. The molecule has 3 heteroatoms. The first-order valence-electron chi connectivity index (χ1n) is 8.45. The standard InChI is InChI=1S/C20H23NO2/c1-11-9-12-10-15(11)17-16(12)18(22)21(19(17)23)14-7-5-13(6-8-14)20(2,3)4/h5-9,12,15-17H,10H2,1-4H3. The van der Waals surface area contributed by atoms with E-state index in [-0.39, 0.29) is 40.9 Å². The van der Waals surface area contributed by atoms with Gasteiger partial charge in [-0.25, -0.2) is 0 Å². The number of imide groups is 1. The molecule has 2 fully saturated rings. The molecule has 4 unspecified atom stereocenters. The van der Waals surface area contributed by atoms with Gasteiger partial charge < -0.3 is 0 Å². The fraction of sp³-hybridized carbons (Fsp3) is 0.500. The number of rotatable bonds is 1. The van der Waals surface area contributed by atoms with Gasteiger partial charge in [0.2, 0.25) is 11.8 Å². The molecule has 2 bridgehead atoms. The molecular weight excluding hydrogens is 286 g/mol. The summed E-state index contributed by atoms with van der Waals surface area (Å²) in [7, 11) is 0. The van der Waals surface area contributed by atoms with Crippen molar-refractivity contribution in [3.05, 3.63) is 41.5 Å². The van der Waals surface area contributed by atoms with E-state index in [1.54, 1.807) is 0 Å². The highest BCUT2D eigenvalue weighted by molar-refractivity contribution is 6.22. The van der Waals surface area contributed by atoms with Crippen LogP contribution in [0.1, 0.15) is 39.7 Å². The topological polar surface area (TPSA) is 37.4 Å². The molecule has 0 N–H and O–H groups in total. The lowest BCUT2D eigenvalue weighted by Gasteiger charge is -2.22. The van der Waals surface area contributed by atoms with Crippen LogP contribution in [0.2, 0.25) is 0 Å². The van der Waals surface area contributed by atoms with E-state index >= 15 is 0 Å².